The molecule has 2 saturated heterocycles. The van der Waals surface area contributed by atoms with Gasteiger partial charge in [-0.25, -0.2) is 18.8 Å². The van der Waals surface area contributed by atoms with E-state index in [4.69, 9.17) is 53.5 Å². The number of carbonyl (C=O) groups excluding carboxylic acids is 3. The van der Waals surface area contributed by atoms with Crippen LogP contribution in [0.3, 0.4) is 0 Å². The Hall–Kier alpha value is -3.16. The third-order valence-corrected chi connectivity index (χ3v) is 6.36. The fourth-order valence-electron chi connectivity index (χ4n) is 4.35. The summed E-state index contributed by atoms with van der Waals surface area (Å²) in [7, 11) is 0. The lowest BCUT2D eigenvalue weighted by atomic mass is 10.2. The topological polar surface area (TPSA) is 127 Å². The van der Waals surface area contributed by atoms with E-state index < -0.39 is 46.2 Å². The van der Waals surface area contributed by atoms with Crippen LogP contribution in [0.4, 0.5) is 36.0 Å². The second kappa shape index (κ2) is 12.4. The number of hydrogen-bond acceptors (Lipinski definition) is 9. The van der Waals surface area contributed by atoms with Crippen molar-refractivity contribution >= 4 is 70.3 Å². The number of cyclic esters (lactones) is 1. The fourth-order valence-corrected chi connectivity index (χ4v) is 4.51. The molecule has 2 aromatic rings. The van der Waals surface area contributed by atoms with Gasteiger partial charge in [0.05, 0.1) is 30.5 Å². The third-order valence-electron chi connectivity index (χ3n) is 6.03. The summed E-state index contributed by atoms with van der Waals surface area (Å²) in [5.41, 5.74) is -0.0165. The highest BCUT2D eigenvalue weighted by atomic mass is 35.6. The van der Waals surface area contributed by atoms with Crippen LogP contribution in [0, 0.1) is 5.82 Å². The van der Waals surface area contributed by atoms with Crippen LogP contribution in [0.1, 0.15) is 27.2 Å². The van der Waals surface area contributed by atoms with Gasteiger partial charge >= 0.3 is 18.3 Å². The Morgan fingerprint density at radius 3 is 2.61 bits per heavy atom. The maximum atomic E-state index is 15.2. The summed E-state index contributed by atoms with van der Waals surface area (Å²) in [6.07, 6.45) is -1.10. The highest BCUT2D eigenvalue weighted by molar-refractivity contribution is 6.67. The number of alkyl carbamates (subject to hydrolysis) is 1. The van der Waals surface area contributed by atoms with E-state index in [1.807, 2.05) is 4.90 Å². The Kier molecular flexibility index (Phi) is 9.29. The molecule has 41 heavy (non-hydrogen) atoms. The molecule has 2 aliphatic rings. The maximum absolute atomic E-state index is 15.2. The molecule has 1 aromatic carbocycles. The Morgan fingerprint density at radius 2 is 1.98 bits per heavy atom. The zero-order valence-corrected chi connectivity index (χ0v) is 24.7. The Bertz CT molecular complexity index is 1260. The van der Waals surface area contributed by atoms with Crippen LogP contribution in [-0.4, -0.2) is 77.8 Å². The lowest BCUT2D eigenvalue weighted by Crippen LogP contribution is -2.40. The van der Waals surface area contributed by atoms with Crippen LogP contribution in [-0.2, 0) is 14.2 Å². The molecule has 4 rings (SSSR count). The van der Waals surface area contributed by atoms with Gasteiger partial charge in [0.25, 0.3) is 0 Å². The highest BCUT2D eigenvalue weighted by Gasteiger charge is 2.37. The largest absolute Gasteiger partial charge is 0.445 e. The molecule has 224 valence electrons. The first-order valence-corrected chi connectivity index (χ1v) is 13.8. The van der Waals surface area contributed by atoms with Crippen molar-refractivity contribution in [2.24, 2.45) is 0 Å². The van der Waals surface area contributed by atoms with Crippen LogP contribution >= 0.6 is 34.8 Å². The van der Waals surface area contributed by atoms with Gasteiger partial charge in [0, 0.05) is 19.2 Å². The Labute approximate surface area is 250 Å². The van der Waals surface area contributed by atoms with Crippen LogP contribution < -0.4 is 20.0 Å². The fraction of sp³-hybridized carbons (Fsp3) is 0.520. The van der Waals surface area contributed by atoms with E-state index in [2.05, 4.69) is 10.5 Å². The summed E-state index contributed by atoms with van der Waals surface area (Å²) in [5, 5.41) is 6.54. The lowest BCUT2D eigenvalue weighted by Gasteiger charge is -2.23. The molecule has 0 spiro atoms. The predicted octanol–water partition coefficient (Wildman–Crippen LogP) is 5.26. The van der Waals surface area contributed by atoms with Gasteiger partial charge in [0.15, 0.2) is 5.82 Å². The van der Waals surface area contributed by atoms with Gasteiger partial charge in [-0.05, 0) is 45.4 Å². The number of nitrogens with one attached hydrogen (secondary N) is 1. The molecule has 2 fully saturated rings. The smallest absolute Gasteiger partial charge is 0.415 e. The zero-order valence-electron chi connectivity index (χ0n) is 22.4. The third kappa shape index (κ3) is 8.43. The molecule has 2 atom stereocenters. The first kappa shape index (κ1) is 30.8. The van der Waals surface area contributed by atoms with Gasteiger partial charge in [0.2, 0.25) is 3.79 Å². The van der Waals surface area contributed by atoms with Crippen LogP contribution in [0.2, 0.25) is 0 Å². The number of anilines is 3. The molecule has 0 bridgehead atoms. The number of amides is 3. The van der Waals surface area contributed by atoms with E-state index in [9.17, 15) is 14.4 Å². The average Bonchev–Trinajstić information content (AvgIpc) is 3.61. The quantitative estimate of drug-likeness (QED) is 0.320. The molecule has 0 radical (unpaired) electrons. The number of hydrogen-bond donors (Lipinski definition) is 1. The molecule has 0 saturated carbocycles. The monoisotopic (exact) mass is 635 g/mol. The zero-order chi connectivity index (χ0) is 29.9. The summed E-state index contributed by atoms with van der Waals surface area (Å²) < 4.78 is 34.0. The molecular weight excluding hydrogens is 608 g/mol. The van der Waals surface area contributed by atoms with Crippen molar-refractivity contribution in [3.05, 3.63) is 36.3 Å². The number of halogens is 4. The number of aromatic nitrogens is 1. The first-order valence-electron chi connectivity index (χ1n) is 12.6. The second-order valence-corrected chi connectivity index (χ2v) is 13.0. The van der Waals surface area contributed by atoms with Crippen LogP contribution in [0.5, 0.6) is 0 Å². The van der Waals surface area contributed by atoms with Crippen molar-refractivity contribution in [1.82, 2.24) is 10.5 Å². The van der Waals surface area contributed by atoms with Crippen LogP contribution in [0.15, 0.2) is 35.1 Å². The SMILES string of the molecule is CC(C)(C)OC(=O)N[C@H]1CCN(c2ccc(N3C[C@H](CN(C(=O)OCC(Cl)(Cl)Cl)c4ccon4)OC3=O)cc2F)C1. The molecular formula is C25H29Cl3FN5O7. The molecule has 2 aliphatic heterocycles. The van der Waals surface area contributed by atoms with Crippen molar-refractivity contribution in [3.8, 4) is 0 Å². The van der Waals surface area contributed by atoms with E-state index in [0.717, 1.165) is 4.90 Å². The van der Waals surface area contributed by atoms with E-state index in [-0.39, 0.29) is 30.6 Å². The molecule has 16 heteroatoms. The molecule has 3 heterocycles. The van der Waals surface area contributed by atoms with Crippen molar-refractivity contribution in [3.63, 3.8) is 0 Å². The standard InChI is InChI=1S/C25H29Cl3FN5O7/c1-24(2,3)41-21(35)30-15-6-8-32(11-15)19-5-4-16(10-18(19)29)33-12-17(40-23(33)37)13-34(20-7-9-39-31-20)22(36)38-14-25(26,27)28/h4-5,7,9-10,15,17H,6,8,11-14H2,1-3H3,(H,30,35)/t15-,17+/m0/s1. The molecule has 1 aromatic heterocycles. The summed E-state index contributed by atoms with van der Waals surface area (Å²) in [6.45, 7) is 5.58. The Morgan fingerprint density at radius 1 is 1.22 bits per heavy atom. The van der Waals surface area contributed by atoms with E-state index >= 15 is 4.39 Å². The van der Waals surface area contributed by atoms with Gasteiger partial charge in [-0.15, -0.1) is 0 Å². The van der Waals surface area contributed by atoms with Gasteiger partial charge in [-0.2, -0.15) is 0 Å². The number of rotatable bonds is 7. The second-order valence-electron chi connectivity index (χ2n) is 10.5. The van der Waals surface area contributed by atoms with Gasteiger partial charge in [0.1, 0.15) is 30.4 Å². The highest BCUT2D eigenvalue weighted by Crippen LogP contribution is 2.31. The summed E-state index contributed by atoms with van der Waals surface area (Å²) in [6, 6.07) is 5.61. The van der Waals surface area contributed by atoms with Crippen molar-refractivity contribution < 1.29 is 37.5 Å². The van der Waals surface area contributed by atoms with Crippen LogP contribution in [0.25, 0.3) is 0 Å². The first-order chi connectivity index (χ1) is 19.2. The summed E-state index contributed by atoms with van der Waals surface area (Å²) in [4.78, 5) is 41.6. The van der Waals surface area contributed by atoms with Crippen molar-refractivity contribution in [1.29, 1.82) is 0 Å². The molecule has 3 amide bonds. The summed E-state index contributed by atoms with van der Waals surface area (Å²) in [5.74, 6) is -0.453. The molecule has 12 nitrogen and oxygen atoms in total. The normalized spacial score (nSPS) is 19.2. The van der Waals surface area contributed by atoms with Gasteiger partial charge in [-0.1, -0.05) is 40.0 Å². The van der Waals surface area contributed by atoms with E-state index in [1.54, 1.807) is 32.9 Å². The van der Waals surface area contributed by atoms with Gasteiger partial charge in [-0.3, -0.25) is 9.80 Å². The van der Waals surface area contributed by atoms with E-state index in [1.165, 1.54) is 23.3 Å². The number of carbonyl (C=O) groups is 3. The van der Waals surface area contributed by atoms with E-state index in [0.29, 0.717) is 25.2 Å². The van der Waals surface area contributed by atoms with Crippen molar-refractivity contribution in [2.75, 3.05) is 47.5 Å². The Balaban J connectivity index is 1.38. The van der Waals surface area contributed by atoms with Gasteiger partial charge < -0.3 is 29.0 Å². The molecule has 0 unspecified atom stereocenters. The summed E-state index contributed by atoms with van der Waals surface area (Å²) >= 11 is 17.0. The number of ether oxygens (including phenoxy) is 3. The maximum Gasteiger partial charge on any atom is 0.415 e. The number of benzene rings is 1. The predicted molar refractivity (Wildman–Crippen MR) is 149 cm³/mol. The average molecular weight is 637 g/mol. The number of nitrogens with zero attached hydrogens (tertiary/aromatic N) is 4. The number of alkyl halides is 3. The minimum absolute atomic E-state index is 0.00923. The minimum Gasteiger partial charge on any atom is -0.445 e. The lowest BCUT2D eigenvalue weighted by molar-refractivity contribution is 0.0509. The van der Waals surface area contributed by atoms with Crippen molar-refractivity contribution in [2.45, 2.75) is 48.7 Å². The molecule has 1 N–H and O–H groups in total. The molecule has 0 aliphatic carbocycles. The minimum atomic E-state index is -1.83.